The highest BCUT2D eigenvalue weighted by atomic mass is 19.1. The van der Waals surface area contributed by atoms with Gasteiger partial charge < -0.3 is 15.6 Å². The summed E-state index contributed by atoms with van der Waals surface area (Å²) in [7, 11) is 0. The van der Waals surface area contributed by atoms with Gasteiger partial charge in [-0.1, -0.05) is 0 Å². The van der Waals surface area contributed by atoms with E-state index in [-0.39, 0.29) is 37.9 Å². The molecule has 1 aromatic rings. The number of halogens is 2. The SMILES string of the molecule is NC(=O)c1ccnc(C2C=C(F)C=CC2(F)N2CCOCC2CO)n1. The molecule has 1 aliphatic carbocycles. The third-order valence-electron chi connectivity index (χ3n) is 4.32. The number of alkyl halides is 1. The third-order valence-corrected chi connectivity index (χ3v) is 4.32. The Bertz CT molecular complexity index is 727. The molecule has 1 aromatic heterocycles. The maximum Gasteiger partial charge on any atom is 0.267 e. The summed E-state index contributed by atoms with van der Waals surface area (Å²) in [6.07, 6.45) is 4.44. The van der Waals surface area contributed by atoms with Crippen LogP contribution in [0, 0.1) is 0 Å². The Morgan fingerprint density at radius 2 is 2.36 bits per heavy atom. The highest BCUT2D eigenvalue weighted by molar-refractivity contribution is 5.90. The molecule has 1 saturated heterocycles. The number of aromatic nitrogens is 2. The zero-order valence-corrected chi connectivity index (χ0v) is 13.3. The summed E-state index contributed by atoms with van der Waals surface area (Å²) < 4.78 is 35.1. The molecule has 1 amide bonds. The number of aliphatic hydroxyl groups is 1. The van der Waals surface area contributed by atoms with Crippen LogP contribution in [0.3, 0.4) is 0 Å². The van der Waals surface area contributed by atoms with Crippen LogP contribution < -0.4 is 5.73 Å². The fraction of sp³-hybridized carbons (Fsp3) is 0.438. The van der Waals surface area contributed by atoms with Gasteiger partial charge in [0.2, 0.25) is 0 Å². The van der Waals surface area contributed by atoms with Crippen molar-refractivity contribution in [3.8, 4) is 0 Å². The molecule has 3 rings (SSSR count). The van der Waals surface area contributed by atoms with E-state index in [4.69, 9.17) is 10.5 Å². The first kappa shape index (κ1) is 17.6. The topological polar surface area (TPSA) is 102 Å². The van der Waals surface area contributed by atoms with Crippen molar-refractivity contribution in [2.24, 2.45) is 5.73 Å². The number of amides is 1. The van der Waals surface area contributed by atoms with Gasteiger partial charge >= 0.3 is 0 Å². The van der Waals surface area contributed by atoms with Crippen LogP contribution in [0.1, 0.15) is 22.2 Å². The van der Waals surface area contributed by atoms with Gasteiger partial charge in [-0.3, -0.25) is 9.69 Å². The predicted octanol–water partition coefficient (Wildman–Crippen LogP) is 0.441. The Balaban J connectivity index is 2.03. The van der Waals surface area contributed by atoms with Gasteiger partial charge in [0.1, 0.15) is 17.3 Å². The summed E-state index contributed by atoms with van der Waals surface area (Å²) in [5.74, 6) is -4.88. The molecular weight excluding hydrogens is 334 g/mol. The van der Waals surface area contributed by atoms with Crippen molar-refractivity contribution in [3.63, 3.8) is 0 Å². The molecule has 3 N–H and O–H groups in total. The Morgan fingerprint density at radius 3 is 3.08 bits per heavy atom. The van der Waals surface area contributed by atoms with E-state index in [1.165, 1.54) is 17.2 Å². The van der Waals surface area contributed by atoms with Crippen molar-refractivity contribution in [2.45, 2.75) is 17.8 Å². The van der Waals surface area contributed by atoms with E-state index in [2.05, 4.69) is 9.97 Å². The van der Waals surface area contributed by atoms with E-state index in [1.807, 2.05) is 0 Å². The summed E-state index contributed by atoms with van der Waals surface area (Å²) in [5.41, 5.74) is 5.12. The molecule has 0 radical (unpaired) electrons. The number of carbonyl (C=O) groups excluding carboxylic acids is 1. The van der Waals surface area contributed by atoms with Gasteiger partial charge in [-0.2, -0.15) is 0 Å². The lowest BCUT2D eigenvalue weighted by molar-refractivity contribution is -0.117. The number of rotatable bonds is 4. The van der Waals surface area contributed by atoms with Crippen molar-refractivity contribution < 1.29 is 23.4 Å². The number of ether oxygens (including phenoxy) is 1. The fourth-order valence-corrected chi connectivity index (χ4v) is 3.08. The first-order chi connectivity index (χ1) is 12.0. The second-order valence-electron chi connectivity index (χ2n) is 5.86. The van der Waals surface area contributed by atoms with Crippen molar-refractivity contribution in [3.05, 3.63) is 47.8 Å². The van der Waals surface area contributed by atoms with Crippen LogP contribution in [-0.4, -0.2) is 64.1 Å². The van der Waals surface area contributed by atoms with Crippen molar-refractivity contribution in [2.75, 3.05) is 26.4 Å². The Morgan fingerprint density at radius 1 is 1.56 bits per heavy atom. The van der Waals surface area contributed by atoms with Crippen molar-refractivity contribution in [1.29, 1.82) is 0 Å². The quantitative estimate of drug-likeness (QED) is 0.763. The number of primary amides is 1. The van der Waals surface area contributed by atoms with Gasteiger partial charge in [0.05, 0.1) is 31.8 Å². The Labute approximate surface area is 142 Å². The van der Waals surface area contributed by atoms with Crippen LogP contribution in [-0.2, 0) is 4.74 Å². The van der Waals surface area contributed by atoms with Crippen LogP contribution >= 0.6 is 0 Å². The van der Waals surface area contributed by atoms with Crippen LogP contribution in [0.4, 0.5) is 8.78 Å². The molecule has 0 bridgehead atoms. The highest BCUT2D eigenvalue weighted by Crippen LogP contribution is 2.41. The van der Waals surface area contributed by atoms with Gasteiger partial charge in [0.25, 0.3) is 5.91 Å². The molecule has 25 heavy (non-hydrogen) atoms. The standard InChI is InChI=1S/C16H18F2N4O3/c17-10-1-3-16(18,22-5-6-25-9-11(22)8-23)12(7-10)15-20-4-2-13(21-15)14(19)24/h1-4,7,11-12,23H,5-6,8-9H2,(H2,19,24). The van der Waals surface area contributed by atoms with Crippen LogP contribution in [0.25, 0.3) is 0 Å². The van der Waals surface area contributed by atoms with Gasteiger partial charge in [-0.05, 0) is 24.3 Å². The number of nitrogens with two attached hydrogens (primary N) is 1. The van der Waals surface area contributed by atoms with Gasteiger partial charge in [0.15, 0.2) is 5.79 Å². The number of hydrogen-bond acceptors (Lipinski definition) is 6. The fourth-order valence-electron chi connectivity index (χ4n) is 3.08. The van der Waals surface area contributed by atoms with Crippen molar-refractivity contribution >= 4 is 5.91 Å². The number of morpholine rings is 1. The largest absolute Gasteiger partial charge is 0.395 e. The predicted molar refractivity (Wildman–Crippen MR) is 83.9 cm³/mol. The number of carbonyl (C=O) groups is 1. The third kappa shape index (κ3) is 3.30. The first-order valence-corrected chi connectivity index (χ1v) is 7.79. The van der Waals surface area contributed by atoms with E-state index in [0.29, 0.717) is 0 Å². The molecule has 2 aliphatic rings. The molecule has 3 atom stereocenters. The molecule has 134 valence electrons. The summed E-state index contributed by atoms with van der Waals surface area (Å²) in [4.78, 5) is 20.7. The highest BCUT2D eigenvalue weighted by Gasteiger charge is 2.49. The molecule has 7 nitrogen and oxygen atoms in total. The van der Waals surface area contributed by atoms with Crippen LogP contribution in [0.2, 0.25) is 0 Å². The molecule has 1 fully saturated rings. The number of hydrogen-bond donors (Lipinski definition) is 2. The summed E-state index contributed by atoms with van der Waals surface area (Å²) in [5, 5.41) is 9.54. The second-order valence-corrected chi connectivity index (χ2v) is 5.86. The normalized spacial score (nSPS) is 30.1. The van der Waals surface area contributed by atoms with Gasteiger partial charge in [0, 0.05) is 12.7 Å². The number of aliphatic hydroxyl groups excluding tert-OH is 1. The average Bonchev–Trinajstić information content (AvgIpc) is 2.64. The molecule has 1 aliphatic heterocycles. The Kier molecular flexibility index (Phi) is 4.89. The minimum atomic E-state index is -2.18. The first-order valence-electron chi connectivity index (χ1n) is 7.79. The maximum atomic E-state index is 16.0. The van der Waals surface area contributed by atoms with Crippen LogP contribution in [0.15, 0.2) is 36.3 Å². The minimum absolute atomic E-state index is 0.0681. The monoisotopic (exact) mass is 352 g/mol. The molecule has 0 saturated carbocycles. The summed E-state index contributed by atoms with van der Waals surface area (Å²) in [6.45, 7) is 0.308. The molecular formula is C16H18F2N4O3. The Hall–Kier alpha value is -2.23. The van der Waals surface area contributed by atoms with Gasteiger partial charge in [-0.25, -0.2) is 18.7 Å². The maximum absolute atomic E-state index is 16.0. The zero-order chi connectivity index (χ0) is 18.0. The summed E-state index contributed by atoms with van der Waals surface area (Å²) in [6, 6.07) is 0.704. The lowest BCUT2D eigenvalue weighted by Gasteiger charge is -2.46. The van der Waals surface area contributed by atoms with E-state index >= 15 is 4.39 Å². The van der Waals surface area contributed by atoms with E-state index in [9.17, 15) is 14.3 Å². The molecule has 0 aromatic carbocycles. The van der Waals surface area contributed by atoms with Gasteiger partial charge in [-0.15, -0.1) is 0 Å². The van der Waals surface area contributed by atoms with E-state index < -0.39 is 29.5 Å². The lowest BCUT2D eigenvalue weighted by Crippen LogP contribution is -2.59. The number of allylic oxidation sites excluding steroid dienone is 2. The minimum Gasteiger partial charge on any atom is -0.395 e. The lowest BCUT2D eigenvalue weighted by atomic mass is 9.88. The smallest absolute Gasteiger partial charge is 0.267 e. The number of nitrogens with zero attached hydrogens (tertiary/aromatic N) is 3. The molecule has 9 heteroatoms. The zero-order valence-electron chi connectivity index (χ0n) is 13.3. The average molecular weight is 352 g/mol. The van der Waals surface area contributed by atoms with E-state index in [0.717, 1.165) is 18.2 Å². The molecule has 3 unspecified atom stereocenters. The van der Waals surface area contributed by atoms with E-state index in [1.54, 1.807) is 0 Å². The van der Waals surface area contributed by atoms with Crippen LogP contribution in [0.5, 0.6) is 0 Å². The van der Waals surface area contributed by atoms with Crippen molar-refractivity contribution in [1.82, 2.24) is 14.9 Å². The summed E-state index contributed by atoms with van der Waals surface area (Å²) >= 11 is 0. The second kappa shape index (κ2) is 6.95. The molecule has 2 heterocycles. The molecule has 0 spiro atoms.